The Kier molecular flexibility index (Phi) is 4.35. The van der Waals surface area contributed by atoms with E-state index in [1.54, 1.807) is 13.3 Å². The molecule has 13 heavy (non-hydrogen) atoms. The van der Waals surface area contributed by atoms with E-state index in [9.17, 15) is 0 Å². The zero-order valence-corrected chi connectivity index (χ0v) is 10.9. The van der Waals surface area contributed by atoms with Gasteiger partial charge in [0.1, 0.15) is 5.75 Å². The van der Waals surface area contributed by atoms with Crippen LogP contribution in [0.25, 0.3) is 10.8 Å². The molecule has 2 aromatic rings. The van der Waals surface area contributed by atoms with Gasteiger partial charge in [0.15, 0.2) is 0 Å². The van der Waals surface area contributed by atoms with Crippen molar-refractivity contribution in [1.82, 2.24) is 4.98 Å². The van der Waals surface area contributed by atoms with Crippen molar-refractivity contribution in [1.29, 1.82) is 0 Å². The Morgan fingerprint density at radius 3 is 2.85 bits per heavy atom. The standard InChI is InChI=1S/C10H9NO.K/c1-12-10-4-2-3-8-7-11-6-5-9(8)10;/h2-7H,1H3;. The predicted octanol–water partition coefficient (Wildman–Crippen LogP) is 1.86. The monoisotopic (exact) mass is 198 g/mol. The average Bonchev–Trinajstić information content (AvgIpc) is 2.17. The molecule has 0 fully saturated rings. The summed E-state index contributed by atoms with van der Waals surface area (Å²) in [7, 11) is 1.68. The first kappa shape index (κ1) is 11.1. The number of fused-ring (bicyclic) bond motifs is 1. The van der Waals surface area contributed by atoms with Gasteiger partial charge in [-0.25, -0.2) is 0 Å². The molecule has 3 heteroatoms. The Morgan fingerprint density at radius 2 is 2.08 bits per heavy atom. The third kappa shape index (κ3) is 2.30. The number of hydrogen-bond acceptors (Lipinski definition) is 2. The summed E-state index contributed by atoms with van der Waals surface area (Å²) < 4.78 is 5.20. The SMILES string of the molecule is COc1cccc2cnccc12.[K]. The fourth-order valence-corrected chi connectivity index (χ4v) is 1.27. The van der Waals surface area contributed by atoms with Crippen molar-refractivity contribution >= 4 is 62.2 Å². The van der Waals surface area contributed by atoms with Gasteiger partial charge in [-0.05, 0) is 12.1 Å². The van der Waals surface area contributed by atoms with Gasteiger partial charge in [-0.3, -0.25) is 4.98 Å². The van der Waals surface area contributed by atoms with Crippen LogP contribution < -0.4 is 4.74 Å². The second kappa shape index (κ2) is 5.07. The molecule has 0 aliphatic rings. The van der Waals surface area contributed by atoms with Crippen molar-refractivity contribution in [2.75, 3.05) is 7.11 Å². The molecule has 61 valence electrons. The Bertz CT molecular complexity index is 398. The molecule has 0 saturated carbocycles. The number of benzene rings is 1. The second-order valence-corrected chi connectivity index (χ2v) is 2.56. The summed E-state index contributed by atoms with van der Waals surface area (Å²) >= 11 is 0. The van der Waals surface area contributed by atoms with Gasteiger partial charge in [0, 0.05) is 74.6 Å². The van der Waals surface area contributed by atoms with E-state index in [1.807, 2.05) is 30.5 Å². The number of ether oxygens (including phenoxy) is 1. The predicted molar refractivity (Wildman–Crippen MR) is 54.0 cm³/mol. The van der Waals surface area contributed by atoms with Crippen molar-refractivity contribution in [3.63, 3.8) is 0 Å². The number of methoxy groups -OCH3 is 1. The van der Waals surface area contributed by atoms with Crippen LogP contribution in [0.15, 0.2) is 36.7 Å². The minimum absolute atomic E-state index is 0. The van der Waals surface area contributed by atoms with E-state index in [4.69, 9.17) is 4.74 Å². The molecule has 1 radical (unpaired) electrons. The number of nitrogens with zero attached hydrogens (tertiary/aromatic N) is 1. The number of hydrogen-bond donors (Lipinski definition) is 0. The van der Waals surface area contributed by atoms with Gasteiger partial charge in [-0.1, -0.05) is 12.1 Å². The molecule has 0 aliphatic carbocycles. The van der Waals surface area contributed by atoms with Gasteiger partial charge in [0.2, 0.25) is 0 Å². The van der Waals surface area contributed by atoms with Crippen molar-refractivity contribution in [3.8, 4) is 5.75 Å². The largest absolute Gasteiger partial charge is 0.496 e. The molecule has 0 spiro atoms. The fourth-order valence-electron chi connectivity index (χ4n) is 1.27. The minimum atomic E-state index is 0. The number of rotatable bonds is 1. The Labute approximate surface area is 120 Å². The van der Waals surface area contributed by atoms with Crippen LogP contribution >= 0.6 is 0 Å². The zero-order valence-electron chi connectivity index (χ0n) is 7.82. The third-order valence-corrected chi connectivity index (χ3v) is 1.86. The maximum atomic E-state index is 5.20. The smallest absolute Gasteiger partial charge is 0.126 e. The quantitative estimate of drug-likeness (QED) is 0.653. The van der Waals surface area contributed by atoms with Crippen molar-refractivity contribution in [2.45, 2.75) is 0 Å². The van der Waals surface area contributed by atoms with Crippen LogP contribution in [0.3, 0.4) is 0 Å². The topological polar surface area (TPSA) is 22.1 Å². The molecule has 0 N–H and O–H groups in total. The Morgan fingerprint density at radius 1 is 1.23 bits per heavy atom. The van der Waals surface area contributed by atoms with Crippen LogP contribution in [0.1, 0.15) is 0 Å². The van der Waals surface area contributed by atoms with Gasteiger partial charge in [0.05, 0.1) is 7.11 Å². The minimum Gasteiger partial charge on any atom is -0.496 e. The molecular formula is C10H9KNO. The van der Waals surface area contributed by atoms with Gasteiger partial charge < -0.3 is 4.74 Å². The third-order valence-electron chi connectivity index (χ3n) is 1.86. The molecule has 0 saturated heterocycles. The maximum absolute atomic E-state index is 5.20. The molecule has 1 aromatic heterocycles. The van der Waals surface area contributed by atoms with Crippen LogP contribution in [0, 0.1) is 0 Å². The molecule has 2 rings (SSSR count). The Hall–Kier alpha value is 0.0664. The maximum Gasteiger partial charge on any atom is 0.126 e. The van der Waals surface area contributed by atoms with Crippen molar-refractivity contribution in [2.24, 2.45) is 0 Å². The van der Waals surface area contributed by atoms with E-state index in [0.29, 0.717) is 0 Å². The van der Waals surface area contributed by atoms with Crippen molar-refractivity contribution < 1.29 is 4.74 Å². The summed E-state index contributed by atoms with van der Waals surface area (Å²) in [6.07, 6.45) is 3.60. The second-order valence-electron chi connectivity index (χ2n) is 2.56. The molecule has 0 amide bonds. The summed E-state index contributed by atoms with van der Waals surface area (Å²) in [5.74, 6) is 0.898. The molecule has 0 atom stereocenters. The van der Waals surface area contributed by atoms with E-state index in [1.165, 1.54) is 0 Å². The van der Waals surface area contributed by atoms with E-state index in [2.05, 4.69) is 4.98 Å². The zero-order chi connectivity index (χ0) is 8.39. The normalized spacial score (nSPS) is 9.31. The summed E-state index contributed by atoms with van der Waals surface area (Å²) in [5, 5.41) is 2.21. The van der Waals surface area contributed by atoms with Crippen LogP contribution in [-0.4, -0.2) is 63.5 Å². The van der Waals surface area contributed by atoms with Crippen LogP contribution in [0.2, 0.25) is 0 Å². The van der Waals surface area contributed by atoms with Crippen molar-refractivity contribution in [3.05, 3.63) is 36.7 Å². The molecule has 1 aromatic carbocycles. The van der Waals surface area contributed by atoms with Gasteiger partial charge >= 0.3 is 0 Å². The first-order chi connectivity index (χ1) is 5.92. The molecule has 0 unspecified atom stereocenters. The molecule has 0 bridgehead atoms. The summed E-state index contributed by atoms with van der Waals surface area (Å²) in [6, 6.07) is 7.88. The summed E-state index contributed by atoms with van der Waals surface area (Å²) in [5.41, 5.74) is 0. The van der Waals surface area contributed by atoms with Gasteiger partial charge in [-0.15, -0.1) is 0 Å². The molecule has 2 nitrogen and oxygen atoms in total. The van der Waals surface area contributed by atoms with E-state index >= 15 is 0 Å². The molecular weight excluding hydrogens is 189 g/mol. The van der Waals surface area contributed by atoms with Gasteiger partial charge in [-0.2, -0.15) is 0 Å². The summed E-state index contributed by atoms with van der Waals surface area (Å²) in [6.45, 7) is 0. The summed E-state index contributed by atoms with van der Waals surface area (Å²) in [4.78, 5) is 4.03. The van der Waals surface area contributed by atoms with Crippen LogP contribution in [0.4, 0.5) is 0 Å². The molecule has 1 heterocycles. The van der Waals surface area contributed by atoms with Crippen LogP contribution in [-0.2, 0) is 0 Å². The van der Waals surface area contributed by atoms with Gasteiger partial charge in [0.25, 0.3) is 0 Å². The number of pyridine rings is 1. The first-order valence-electron chi connectivity index (χ1n) is 3.78. The first-order valence-corrected chi connectivity index (χ1v) is 3.78. The average molecular weight is 198 g/mol. The fraction of sp³-hybridized carbons (Fsp3) is 0.100. The Balaban J connectivity index is 0.000000845. The van der Waals surface area contributed by atoms with Crippen LogP contribution in [0.5, 0.6) is 5.75 Å². The van der Waals surface area contributed by atoms with E-state index in [-0.39, 0.29) is 51.4 Å². The number of aromatic nitrogens is 1. The van der Waals surface area contributed by atoms with E-state index < -0.39 is 0 Å². The van der Waals surface area contributed by atoms with E-state index in [0.717, 1.165) is 16.5 Å². The molecule has 0 aliphatic heterocycles.